The Morgan fingerprint density at radius 2 is 1.21 bits per heavy atom. The molecule has 0 spiro atoms. The van der Waals surface area contributed by atoms with Crippen molar-refractivity contribution < 1.29 is 8.42 Å². The van der Waals surface area contributed by atoms with E-state index in [0.717, 1.165) is 64.9 Å². The first-order valence-electron chi connectivity index (χ1n) is 12.8. The standard InChI is InChI=1S/C32H29N3O2S.ClH/c36-38(37,32-18-17-31(35-21-19-33-20-22-35)29-11-4-5-12-30(29)32)34-28-10-6-9-27(23-28)26-15-13-25(14-16-26)24-7-2-1-3-8-24;/h1-18,23,33-34H,19-22H2;1H. The molecule has 0 amide bonds. The Bertz CT molecular complexity index is 1680. The van der Waals surface area contributed by atoms with E-state index in [1.165, 1.54) is 0 Å². The molecular weight excluding hydrogens is 526 g/mol. The summed E-state index contributed by atoms with van der Waals surface area (Å²) in [5.41, 5.74) is 5.88. The van der Waals surface area contributed by atoms with Crippen molar-refractivity contribution in [1.82, 2.24) is 5.32 Å². The van der Waals surface area contributed by atoms with E-state index in [2.05, 4.69) is 51.3 Å². The summed E-state index contributed by atoms with van der Waals surface area (Å²) < 4.78 is 30.1. The molecule has 0 aliphatic carbocycles. The van der Waals surface area contributed by atoms with Crippen LogP contribution in [0.2, 0.25) is 0 Å². The van der Waals surface area contributed by atoms with Crippen LogP contribution in [0.5, 0.6) is 0 Å². The van der Waals surface area contributed by atoms with Gasteiger partial charge in [0.15, 0.2) is 0 Å². The summed E-state index contributed by atoms with van der Waals surface area (Å²) in [5, 5.41) is 5.05. The number of anilines is 2. The molecule has 198 valence electrons. The lowest BCUT2D eigenvalue weighted by Gasteiger charge is -2.30. The summed E-state index contributed by atoms with van der Waals surface area (Å²) in [6, 6.07) is 37.5. The molecule has 5 nitrogen and oxygen atoms in total. The van der Waals surface area contributed by atoms with E-state index >= 15 is 0 Å². The van der Waals surface area contributed by atoms with Crippen molar-refractivity contribution in [1.29, 1.82) is 0 Å². The van der Waals surface area contributed by atoms with Crippen molar-refractivity contribution in [2.24, 2.45) is 0 Å². The van der Waals surface area contributed by atoms with E-state index in [1.54, 1.807) is 12.1 Å². The second-order valence-corrected chi connectivity index (χ2v) is 11.1. The molecule has 0 bridgehead atoms. The van der Waals surface area contributed by atoms with Gasteiger partial charge in [0.05, 0.1) is 4.90 Å². The SMILES string of the molecule is Cl.O=S(=O)(Nc1cccc(-c2ccc(-c3ccccc3)cc2)c1)c1ccc(N2CCNCC2)c2ccccc12. The van der Waals surface area contributed by atoms with Gasteiger partial charge in [-0.2, -0.15) is 0 Å². The minimum absolute atomic E-state index is 0. The molecule has 0 atom stereocenters. The highest BCUT2D eigenvalue weighted by molar-refractivity contribution is 7.93. The fourth-order valence-corrected chi connectivity index (χ4v) is 6.39. The zero-order chi connectivity index (χ0) is 26.0. The summed E-state index contributed by atoms with van der Waals surface area (Å²) in [5.74, 6) is 0. The Hall–Kier alpha value is -3.84. The number of rotatable bonds is 6. The van der Waals surface area contributed by atoms with E-state index < -0.39 is 10.0 Å². The molecule has 1 saturated heterocycles. The maximum absolute atomic E-state index is 13.6. The molecule has 6 rings (SSSR count). The third-order valence-corrected chi connectivity index (χ3v) is 8.49. The largest absolute Gasteiger partial charge is 0.368 e. The van der Waals surface area contributed by atoms with Gasteiger partial charge in [-0.05, 0) is 46.5 Å². The number of nitrogens with one attached hydrogen (secondary N) is 2. The van der Waals surface area contributed by atoms with Crippen LogP contribution in [-0.2, 0) is 10.0 Å². The first-order chi connectivity index (χ1) is 18.6. The average molecular weight is 556 g/mol. The van der Waals surface area contributed by atoms with Crippen molar-refractivity contribution >= 4 is 44.6 Å². The third kappa shape index (κ3) is 5.64. The molecule has 1 fully saturated rings. The molecule has 39 heavy (non-hydrogen) atoms. The van der Waals surface area contributed by atoms with Crippen LogP contribution >= 0.6 is 12.4 Å². The van der Waals surface area contributed by atoms with Gasteiger partial charge < -0.3 is 10.2 Å². The molecule has 7 heteroatoms. The first kappa shape index (κ1) is 26.8. The van der Waals surface area contributed by atoms with Crippen LogP contribution in [0.25, 0.3) is 33.0 Å². The van der Waals surface area contributed by atoms with Crippen LogP contribution in [0.1, 0.15) is 0 Å². The molecule has 0 radical (unpaired) electrons. The van der Waals surface area contributed by atoms with E-state index in [9.17, 15) is 8.42 Å². The molecule has 1 aliphatic rings. The number of piperazine rings is 1. The van der Waals surface area contributed by atoms with Crippen LogP contribution in [0.15, 0.2) is 120 Å². The number of fused-ring (bicyclic) bond motifs is 1. The quantitative estimate of drug-likeness (QED) is 0.242. The Labute approximate surface area is 236 Å². The summed E-state index contributed by atoms with van der Waals surface area (Å²) >= 11 is 0. The second kappa shape index (κ2) is 11.5. The summed E-state index contributed by atoms with van der Waals surface area (Å²) in [6.07, 6.45) is 0. The van der Waals surface area contributed by atoms with Crippen molar-refractivity contribution in [2.75, 3.05) is 35.8 Å². The van der Waals surface area contributed by atoms with Gasteiger partial charge in [-0.3, -0.25) is 4.72 Å². The topological polar surface area (TPSA) is 61.4 Å². The Morgan fingerprint density at radius 3 is 1.92 bits per heavy atom. The Morgan fingerprint density at radius 1 is 0.615 bits per heavy atom. The van der Waals surface area contributed by atoms with Crippen molar-refractivity contribution in [3.63, 3.8) is 0 Å². The van der Waals surface area contributed by atoms with Gasteiger partial charge in [0.1, 0.15) is 0 Å². The van der Waals surface area contributed by atoms with Crippen molar-refractivity contribution in [3.8, 4) is 22.3 Å². The normalized spacial score (nSPS) is 13.6. The second-order valence-electron chi connectivity index (χ2n) is 9.50. The molecule has 0 unspecified atom stereocenters. The van der Waals surface area contributed by atoms with Crippen LogP contribution < -0.4 is 14.9 Å². The molecule has 1 aliphatic heterocycles. The molecule has 2 N–H and O–H groups in total. The molecule has 5 aromatic rings. The maximum atomic E-state index is 13.6. The summed E-state index contributed by atoms with van der Waals surface area (Å²) in [7, 11) is -3.81. The molecule has 0 aromatic heterocycles. The number of benzene rings is 5. The Kier molecular flexibility index (Phi) is 7.89. The molecule has 5 aromatic carbocycles. The number of hydrogen-bond donors (Lipinski definition) is 2. The highest BCUT2D eigenvalue weighted by Gasteiger charge is 2.21. The number of halogens is 1. The zero-order valence-electron chi connectivity index (χ0n) is 21.4. The minimum Gasteiger partial charge on any atom is -0.368 e. The lowest BCUT2D eigenvalue weighted by Crippen LogP contribution is -2.43. The van der Waals surface area contributed by atoms with Gasteiger partial charge in [-0.1, -0.05) is 91.0 Å². The third-order valence-electron chi connectivity index (χ3n) is 7.05. The molecule has 0 saturated carbocycles. The van der Waals surface area contributed by atoms with E-state index in [-0.39, 0.29) is 17.3 Å². The van der Waals surface area contributed by atoms with Crippen LogP contribution in [0.4, 0.5) is 11.4 Å². The fourth-order valence-electron chi connectivity index (χ4n) is 5.13. The zero-order valence-corrected chi connectivity index (χ0v) is 23.0. The van der Waals surface area contributed by atoms with Gasteiger partial charge in [-0.15, -0.1) is 12.4 Å². The van der Waals surface area contributed by atoms with Gasteiger partial charge in [0, 0.05) is 48.3 Å². The van der Waals surface area contributed by atoms with Gasteiger partial charge in [-0.25, -0.2) is 8.42 Å². The van der Waals surface area contributed by atoms with E-state index in [1.807, 2.05) is 66.7 Å². The molecular formula is C32H30ClN3O2S. The first-order valence-corrected chi connectivity index (χ1v) is 14.3. The van der Waals surface area contributed by atoms with E-state index in [0.29, 0.717) is 5.69 Å². The van der Waals surface area contributed by atoms with Gasteiger partial charge in [0.25, 0.3) is 10.0 Å². The number of hydrogen-bond acceptors (Lipinski definition) is 4. The van der Waals surface area contributed by atoms with Gasteiger partial charge in [0.2, 0.25) is 0 Å². The smallest absolute Gasteiger partial charge is 0.262 e. The summed E-state index contributed by atoms with van der Waals surface area (Å²) in [4.78, 5) is 2.60. The summed E-state index contributed by atoms with van der Waals surface area (Å²) in [6.45, 7) is 3.63. The lowest BCUT2D eigenvalue weighted by molar-refractivity contribution is 0.590. The highest BCUT2D eigenvalue weighted by Crippen LogP contribution is 2.33. The van der Waals surface area contributed by atoms with Crippen molar-refractivity contribution in [3.05, 3.63) is 115 Å². The predicted octanol–water partition coefficient (Wildman–Crippen LogP) is 6.81. The number of sulfonamides is 1. The van der Waals surface area contributed by atoms with Gasteiger partial charge >= 0.3 is 0 Å². The number of nitrogens with zero attached hydrogens (tertiary/aromatic N) is 1. The van der Waals surface area contributed by atoms with Crippen LogP contribution in [-0.4, -0.2) is 34.6 Å². The molecule has 1 heterocycles. The van der Waals surface area contributed by atoms with Crippen LogP contribution in [0, 0.1) is 0 Å². The fraction of sp³-hybridized carbons (Fsp3) is 0.125. The predicted molar refractivity (Wildman–Crippen MR) is 164 cm³/mol. The Balaban J connectivity index is 0.00000308. The maximum Gasteiger partial charge on any atom is 0.262 e. The monoisotopic (exact) mass is 555 g/mol. The minimum atomic E-state index is -3.81. The van der Waals surface area contributed by atoms with Crippen LogP contribution in [0.3, 0.4) is 0 Å². The highest BCUT2D eigenvalue weighted by atomic mass is 35.5. The lowest BCUT2D eigenvalue weighted by atomic mass is 10.0. The van der Waals surface area contributed by atoms with E-state index in [4.69, 9.17) is 0 Å². The average Bonchev–Trinajstić information content (AvgIpc) is 2.97. The van der Waals surface area contributed by atoms with Crippen molar-refractivity contribution in [2.45, 2.75) is 4.90 Å².